The van der Waals surface area contributed by atoms with E-state index in [0.29, 0.717) is 16.7 Å². The van der Waals surface area contributed by atoms with Crippen LogP contribution < -0.4 is 4.72 Å². The zero-order valence-corrected chi connectivity index (χ0v) is 12.2. The fraction of sp³-hybridized carbons (Fsp3) is 0.667. The Kier molecular flexibility index (Phi) is 4.14. The predicted octanol–water partition coefficient (Wildman–Crippen LogP) is 1.10. The highest BCUT2D eigenvalue weighted by atomic mass is 79.9. The maximum atomic E-state index is 12.1. The Morgan fingerprint density at radius 2 is 2.06 bits per heavy atom. The lowest BCUT2D eigenvalue weighted by Gasteiger charge is -2.11. The molecule has 1 unspecified atom stereocenters. The Hall–Kier alpha value is -0.400. The lowest BCUT2D eigenvalue weighted by molar-refractivity contribution is 0.570. The third-order valence-corrected chi connectivity index (χ3v) is 5.11. The topological polar surface area (TPSA) is 64.0 Å². The molecule has 1 aromatic rings. The second-order valence-electron chi connectivity index (χ2n) is 3.80. The molecule has 0 spiro atoms. The van der Waals surface area contributed by atoms with Crippen LogP contribution in [0.2, 0.25) is 0 Å². The molecule has 1 heterocycles. The van der Waals surface area contributed by atoms with E-state index < -0.39 is 10.0 Å². The molecule has 0 aliphatic rings. The van der Waals surface area contributed by atoms with Gasteiger partial charge in [0.2, 0.25) is 10.0 Å². The Balaban J connectivity index is 3.17. The number of halogens is 1. The summed E-state index contributed by atoms with van der Waals surface area (Å²) in [5.41, 5.74) is 1.17. The summed E-state index contributed by atoms with van der Waals surface area (Å²) >= 11 is 3.23. The average molecular weight is 310 g/mol. The van der Waals surface area contributed by atoms with Crippen LogP contribution in [0.3, 0.4) is 0 Å². The highest BCUT2D eigenvalue weighted by Crippen LogP contribution is 2.18. The maximum Gasteiger partial charge on any atom is 0.244 e. The first kappa shape index (κ1) is 13.7. The van der Waals surface area contributed by atoms with E-state index in [0.717, 1.165) is 0 Å². The van der Waals surface area contributed by atoms with Crippen molar-refractivity contribution >= 4 is 26.0 Å². The molecule has 16 heavy (non-hydrogen) atoms. The molecule has 0 aliphatic carbocycles. The molecule has 0 fully saturated rings. The lowest BCUT2D eigenvalue weighted by Crippen LogP contribution is -2.34. The van der Waals surface area contributed by atoms with Crippen molar-refractivity contribution in [2.24, 2.45) is 7.05 Å². The van der Waals surface area contributed by atoms with Crippen LogP contribution in [0.5, 0.6) is 0 Å². The Morgan fingerprint density at radius 1 is 1.50 bits per heavy atom. The van der Waals surface area contributed by atoms with Gasteiger partial charge in [0.1, 0.15) is 4.90 Å². The zero-order chi connectivity index (χ0) is 12.5. The molecule has 7 heteroatoms. The molecule has 5 nitrogen and oxygen atoms in total. The van der Waals surface area contributed by atoms with Gasteiger partial charge < -0.3 is 0 Å². The van der Waals surface area contributed by atoms with Gasteiger partial charge in [-0.2, -0.15) is 5.10 Å². The third-order valence-electron chi connectivity index (χ3n) is 2.30. The molecule has 0 amide bonds. The fourth-order valence-electron chi connectivity index (χ4n) is 1.50. The molecule has 1 N–H and O–H groups in total. The van der Waals surface area contributed by atoms with E-state index in [4.69, 9.17) is 0 Å². The van der Waals surface area contributed by atoms with Gasteiger partial charge in [-0.3, -0.25) is 4.68 Å². The summed E-state index contributed by atoms with van der Waals surface area (Å²) in [4.78, 5) is 0.280. The quantitative estimate of drug-likeness (QED) is 0.847. The predicted molar refractivity (Wildman–Crippen MR) is 66.3 cm³/mol. The first-order chi connectivity index (χ1) is 7.29. The Morgan fingerprint density at radius 3 is 2.44 bits per heavy atom. The first-order valence-corrected chi connectivity index (χ1v) is 7.48. The summed E-state index contributed by atoms with van der Waals surface area (Å²) in [7, 11) is -1.74. The van der Waals surface area contributed by atoms with Gasteiger partial charge in [-0.15, -0.1) is 0 Å². The van der Waals surface area contributed by atoms with E-state index in [2.05, 4.69) is 25.8 Å². The van der Waals surface area contributed by atoms with Crippen molar-refractivity contribution in [2.45, 2.75) is 31.7 Å². The minimum absolute atomic E-state index is 0.149. The summed E-state index contributed by atoms with van der Waals surface area (Å²) < 4.78 is 28.3. The van der Waals surface area contributed by atoms with Crippen LogP contribution in [0.15, 0.2) is 4.90 Å². The van der Waals surface area contributed by atoms with Gasteiger partial charge in [0.15, 0.2) is 0 Å². The lowest BCUT2D eigenvalue weighted by atomic mass is 10.4. The standard InChI is InChI=1S/C9H16BrN3O2S/c1-6(5-10)12-16(14,15)9-7(2)11-13(4)8(9)3/h6,12H,5H2,1-4H3. The van der Waals surface area contributed by atoms with E-state index in [1.54, 1.807) is 32.5 Å². The summed E-state index contributed by atoms with van der Waals surface area (Å²) in [5.74, 6) is 0. The molecular formula is C9H16BrN3O2S. The second-order valence-corrected chi connectivity index (χ2v) is 6.10. The number of hydrogen-bond acceptors (Lipinski definition) is 3. The maximum absolute atomic E-state index is 12.1. The molecule has 0 saturated heterocycles. The van der Waals surface area contributed by atoms with Crippen LogP contribution in [-0.4, -0.2) is 29.6 Å². The molecule has 1 aromatic heterocycles. The summed E-state index contributed by atoms with van der Waals surface area (Å²) in [6, 6.07) is -0.149. The van der Waals surface area contributed by atoms with E-state index in [1.807, 2.05) is 0 Å². The van der Waals surface area contributed by atoms with Crippen molar-refractivity contribution in [3.8, 4) is 0 Å². The molecule has 0 aliphatic heterocycles. The monoisotopic (exact) mass is 309 g/mol. The summed E-state index contributed by atoms with van der Waals surface area (Å²) in [5, 5.41) is 4.67. The summed E-state index contributed by atoms with van der Waals surface area (Å²) in [6.45, 7) is 5.24. The van der Waals surface area contributed by atoms with Gasteiger partial charge in [0.05, 0.1) is 11.4 Å². The van der Waals surface area contributed by atoms with Gasteiger partial charge in [-0.1, -0.05) is 15.9 Å². The normalized spacial score (nSPS) is 14.1. The minimum atomic E-state index is -3.48. The van der Waals surface area contributed by atoms with E-state index in [-0.39, 0.29) is 10.9 Å². The van der Waals surface area contributed by atoms with Crippen LogP contribution >= 0.6 is 15.9 Å². The number of alkyl halides is 1. The molecule has 0 saturated carbocycles. The number of aromatic nitrogens is 2. The first-order valence-electron chi connectivity index (χ1n) is 4.88. The minimum Gasteiger partial charge on any atom is -0.271 e. The van der Waals surface area contributed by atoms with Gasteiger partial charge >= 0.3 is 0 Å². The number of nitrogens with zero attached hydrogens (tertiary/aromatic N) is 2. The largest absolute Gasteiger partial charge is 0.271 e. The molecule has 1 atom stereocenters. The van der Waals surface area contributed by atoms with Crippen molar-refractivity contribution < 1.29 is 8.42 Å². The van der Waals surface area contributed by atoms with E-state index in [9.17, 15) is 8.42 Å². The highest BCUT2D eigenvalue weighted by molar-refractivity contribution is 9.09. The van der Waals surface area contributed by atoms with E-state index >= 15 is 0 Å². The smallest absolute Gasteiger partial charge is 0.244 e. The van der Waals surface area contributed by atoms with Crippen molar-refractivity contribution in [3.63, 3.8) is 0 Å². The fourth-order valence-corrected chi connectivity index (χ4v) is 3.56. The van der Waals surface area contributed by atoms with Gasteiger partial charge in [-0.25, -0.2) is 13.1 Å². The van der Waals surface area contributed by atoms with Crippen molar-refractivity contribution in [1.82, 2.24) is 14.5 Å². The van der Waals surface area contributed by atoms with E-state index in [1.165, 1.54) is 0 Å². The van der Waals surface area contributed by atoms with Crippen LogP contribution in [0, 0.1) is 13.8 Å². The van der Waals surface area contributed by atoms with Crippen LogP contribution in [0.25, 0.3) is 0 Å². The Labute approximate surface area is 104 Å². The number of nitrogens with one attached hydrogen (secondary N) is 1. The van der Waals surface area contributed by atoms with Crippen LogP contribution in [-0.2, 0) is 17.1 Å². The molecule has 92 valence electrons. The second kappa shape index (κ2) is 4.85. The van der Waals surface area contributed by atoms with Crippen molar-refractivity contribution in [3.05, 3.63) is 11.4 Å². The number of hydrogen-bond donors (Lipinski definition) is 1. The van der Waals surface area contributed by atoms with Crippen molar-refractivity contribution in [2.75, 3.05) is 5.33 Å². The zero-order valence-electron chi connectivity index (χ0n) is 9.78. The third kappa shape index (κ3) is 2.64. The highest BCUT2D eigenvalue weighted by Gasteiger charge is 2.24. The molecule has 1 rings (SSSR count). The van der Waals surface area contributed by atoms with Crippen molar-refractivity contribution in [1.29, 1.82) is 0 Å². The molecule has 0 radical (unpaired) electrons. The van der Waals surface area contributed by atoms with Crippen LogP contribution in [0.4, 0.5) is 0 Å². The SMILES string of the molecule is Cc1nn(C)c(C)c1S(=O)(=O)NC(C)CBr. The van der Waals surface area contributed by atoms with Gasteiger partial charge in [0.25, 0.3) is 0 Å². The van der Waals surface area contributed by atoms with Gasteiger partial charge in [-0.05, 0) is 20.8 Å². The summed E-state index contributed by atoms with van der Waals surface area (Å²) in [6.07, 6.45) is 0. The molecule has 0 aromatic carbocycles. The molecule has 0 bridgehead atoms. The average Bonchev–Trinajstić information content (AvgIpc) is 2.40. The number of aryl methyl sites for hydroxylation is 2. The molecular weight excluding hydrogens is 294 g/mol. The number of rotatable bonds is 4. The Bertz CT molecular complexity index is 481. The van der Waals surface area contributed by atoms with Crippen LogP contribution in [0.1, 0.15) is 18.3 Å². The van der Waals surface area contributed by atoms with Gasteiger partial charge in [0, 0.05) is 18.4 Å². The number of sulfonamides is 1.